The number of hydrogen-bond acceptors (Lipinski definition) is 4. The highest BCUT2D eigenvalue weighted by Gasteiger charge is 2.25. The molecule has 0 aromatic heterocycles. The molecule has 1 rings (SSSR count). The fourth-order valence-electron chi connectivity index (χ4n) is 1.92. The quantitative estimate of drug-likeness (QED) is 0.520. The number of urea groups is 1. The lowest BCUT2D eigenvalue weighted by molar-refractivity contribution is -0.140. The van der Waals surface area contributed by atoms with Crippen LogP contribution in [0.1, 0.15) is 26.2 Å². The summed E-state index contributed by atoms with van der Waals surface area (Å²) in [5, 5.41) is 13.7. The first-order valence-corrected chi connectivity index (χ1v) is 6.08. The van der Waals surface area contributed by atoms with Crippen molar-refractivity contribution in [2.75, 3.05) is 6.61 Å². The van der Waals surface area contributed by atoms with Crippen molar-refractivity contribution in [3.8, 4) is 0 Å². The van der Waals surface area contributed by atoms with E-state index in [0.717, 1.165) is 0 Å². The van der Waals surface area contributed by atoms with Crippen LogP contribution in [0.2, 0.25) is 0 Å². The van der Waals surface area contributed by atoms with Gasteiger partial charge in [-0.25, -0.2) is 9.59 Å². The van der Waals surface area contributed by atoms with Gasteiger partial charge in [-0.1, -0.05) is 0 Å². The molecule has 8 nitrogen and oxygen atoms in total. The predicted octanol–water partition coefficient (Wildman–Crippen LogP) is -0.818. The molecular formula is C11H19N3O5. The smallest absolute Gasteiger partial charge is 0.326 e. The summed E-state index contributed by atoms with van der Waals surface area (Å²) < 4.78 is 5.33. The Morgan fingerprint density at radius 3 is 2.68 bits per heavy atom. The number of nitrogens with two attached hydrogens (primary N) is 1. The van der Waals surface area contributed by atoms with Gasteiger partial charge in [0.25, 0.3) is 0 Å². The highest BCUT2D eigenvalue weighted by atomic mass is 16.5. The third-order valence-electron chi connectivity index (χ3n) is 2.83. The summed E-state index contributed by atoms with van der Waals surface area (Å²) in [6.07, 6.45) is 0.958. The molecule has 0 aromatic rings. The van der Waals surface area contributed by atoms with Gasteiger partial charge in [0.1, 0.15) is 6.04 Å². The van der Waals surface area contributed by atoms with Crippen LogP contribution >= 0.6 is 0 Å². The van der Waals surface area contributed by atoms with E-state index in [-0.39, 0.29) is 12.1 Å². The van der Waals surface area contributed by atoms with Gasteiger partial charge < -0.3 is 26.2 Å². The topological polar surface area (TPSA) is 131 Å². The molecule has 1 heterocycles. The number of rotatable bonds is 5. The molecular weight excluding hydrogens is 254 g/mol. The summed E-state index contributed by atoms with van der Waals surface area (Å²) in [6.45, 7) is 2.45. The maximum atomic E-state index is 11.6. The van der Waals surface area contributed by atoms with Gasteiger partial charge in [-0.2, -0.15) is 0 Å². The average molecular weight is 273 g/mol. The fourth-order valence-corrected chi connectivity index (χ4v) is 1.92. The Morgan fingerprint density at radius 2 is 2.16 bits per heavy atom. The normalized spacial score (nSPS) is 24.3. The Morgan fingerprint density at radius 1 is 1.47 bits per heavy atom. The zero-order valence-electron chi connectivity index (χ0n) is 10.7. The van der Waals surface area contributed by atoms with Crippen LogP contribution in [0.15, 0.2) is 0 Å². The summed E-state index contributed by atoms with van der Waals surface area (Å²) in [4.78, 5) is 33.2. The Bertz CT molecular complexity index is 360. The van der Waals surface area contributed by atoms with E-state index < -0.39 is 30.4 Å². The van der Waals surface area contributed by atoms with E-state index in [4.69, 9.17) is 15.6 Å². The monoisotopic (exact) mass is 273 g/mol. The highest BCUT2D eigenvalue weighted by Crippen LogP contribution is 2.12. The molecule has 0 bridgehead atoms. The zero-order chi connectivity index (χ0) is 14.4. The van der Waals surface area contributed by atoms with E-state index in [9.17, 15) is 14.4 Å². The molecule has 8 heteroatoms. The second kappa shape index (κ2) is 6.93. The van der Waals surface area contributed by atoms with Crippen LogP contribution in [0.5, 0.6) is 0 Å². The third-order valence-corrected chi connectivity index (χ3v) is 2.83. The summed E-state index contributed by atoms with van der Waals surface area (Å²) in [5.74, 6) is -2.08. The summed E-state index contributed by atoms with van der Waals surface area (Å²) in [6, 6.07) is -1.99. The van der Waals surface area contributed by atoms with Crippen LogP contribution in [0.4, 0.5) is 4.79 Å². The Labute approximate surface area is 110 Å². The van der Waals surface area contributed by atoms with Crippen molar-refractivity contribution in [3.05, 3.63) is 0 Å². The van der Waals surface area contributed by atoms with Gasteiger partial charge in [-0.05, 0) is 19.8 Å². The molecule has 3 unspecified atom stereocenters. The van der Waals surface area contributed by atoms with Crippen molar-refractivity contribution < 1.29 is 24.2 Å². The number of carboxylic acid groups (broad SMARTS) is 1. The van der Waals surface area contributed by atoms with Crippen molar-refractivity contribution in [2.45, 2.75) is 44.4 Å². The van der Waals surface area contributed by atoms with Gasteiger partial charge in [0, 0.05) is 12.6 Å². The molecule has 1 fully saturated rings. The molecule has 1 aliphatic heterocycles. The predicted molar refractivity (Wildman–Crippen MR) is 65.3 cm³/mol. The van der Waals surface area contributed by atoms with Gasteiger partial charge in [-0.3, -0.25) is 4.79 Å². The summed E-state index contributed by atoms with van der Waals surface area (Å²) in [7, 11) is 0. The molecule has 0 aromatic carbocycles. The minimum absolute atomic E-state index is 0.0555. The van der Waals surface area contributed by atoms with Crippen LogP contribution in [0, 0.1) is 0 Å². The number of nitrogens with one attached hydrogen (secondary N) is 2. The Hall–Kier alpha value is -1.83. The lowest BCUT2D eigenvalue weighted by Crippen LogP contribution is -2.51. The molecule has 108 valence electrons. The van der Waals surface area contributed by atoms with Gasteiger partial charge in [0.2, 0.25) is 5.91 Å². The zero-order valence-corrected chi connectivity index (χ0v) is 10.7. The van der Waals surface area contributed by atoms with Gasteiger partial charge in [0.15, 0.2) is 0 Å². The van der Waals surface area contributed by atoms with Crippen LogP contribution in [-0.4, -0.2) is 47.8 Å². The SMILES string of the molecule is CC1CC(NC(=O)NC(CC(N)=O)C(=O)O)CCO1. The van der Waals surface area contributed by atoms with Crippen molar-refractivity contribution in [3.63, 3.8) is 0 Å². The minimum atomic E-state index is -1.31. The Kier molecular flexibility index (Phi) is 5.56. The van der Waals surface area contributed by atoms with Crippen LogP contribution in [0.25, 0.3) is 0 Å². The average Bonchev–Trinajstić information content (AvgIpc) is 2.27. The number of amides is 3. The van der Waals surface area contributed by atoms with E-state index in [0.29, 0.717) is 19.4 Å². The van der Waals surface area contributed by atoms with Crippen molar-refractivity contribution in [1.29, 1.82) is 0 Å². The largest absolute Gasteiger partial charge is 0.480 e. The second-order valence-electron chi connectivity index (χ2n) is 4.58. The molecule has 19 heavy (non-hydrogen) atoms. The van der Waals surface area contributed by atoms with E-state index >= 15 is 0 Å². The molecule has 1 saturated heterocycles. The standard InChI is InChI=1S/C11H19N3O5/c1-6-4-7(2-3-19-6)13-11(18)14-8(10(16)17)5-9(12)15/h6-8H,2-5H2,1H3,(H2,12,15)(H,16,17)(H2,13,14,18). The van der Waals surface area contributed by atoms with Crippen molar-refractivity contribution >= 4 is 17.9 Å². The number of primary amides is 1. The maximum Gasteiger partial charge on any atom is 0.326 e. The van der Waals surface area contributed by atoms with Crippen molar-refractivity contribution in [1.82, 2.24) is 10.6 Å². The first kappa shape index (κ1) is 15.2. The second-order valence-corrected chi connectivity index (χ2v) is 4.58. The molecule has 0 saturated carbocycles. The van der Waals surface area contributed by atoms with E-state index in [1.54, 1.807) is 0 Å². The molecule has 0 radical (unpaired) electrons. The molecule has 0 aliphatic carbocycles. The first-order chi connectivity index (χ1) is 8.88. The number of carbonyl (C=O) groups is 3. The van der Waals surface area contributed by atoms with Crippen molar-refractivity contribution in [2.24, 2.45) is 5.73 Å². The molecule has 3 atom stereocenters. The Balaban J connectivity index is 2.43. The molecule has 3 amide bonds. The molecule has 0 spiro atoms. The number of hydrogen-bond donors (Lipinski definition) is 4. The number of ether oxygens (including phenoxy) is 1. The first-order valence-electron chi connectivity index (χ1n) is 6.08. The summed E-state index contributed by atoms with van der Waals surface area (Å²) in [5.41, 5.74) is 4.92. The molecule has 5 N–H and O–H groups in total. The highest BCUT2D eigenvalue weighted by molar-refractivity contribution is 5.87. The number of carboxylic acids is 1. The fraction of sp³-hybridized carbons (Fsp3) is 0.727. The molecule has 1 aliphatic rings. The third kappa shape index (κ3) is 5.56. The number of aliphatic carboxylic acids is 1. The maximum absolute atomic E-state index is 11.6. The lowest BCUT2D eigenvalue weighted by Gasteiger charge is -2.28. The van der Waals surface area contributed by atoms with Crippen LogP contribution in [0.3, 0.4) is 0 Å². The summed E-state index contributed by atoms with van der Waals surface area (Å²) >= 11 is 0. The van der Waals surface area contributed by atoms with Gasteiger partial charge >= 0.3 is 12.0 Å². The van der Waals surface area contributed by atoms with E-state index in [1.807, 2.05) is 6.92 Å². The van der Waals surface area contributed by atoms with Gasteiger partial charge in [0.05, 0.1) is 12.5 Å². The van der Waals surface area contributed by atoms with Crippen LogP contribution < -0.4 is 16.4 Å². The van der Waals surface area contributed by atoms with E-state index in [1.165, 1.54) is 0 Å². The number of carbonyl (C=O) groups excluding carboxylic acids is 2. The van der Waals surface area contributed by atoms with Gasteiger partial charge in [-0.15, -0.1) is 0 Å². The van der Waals surface area contributed by atoms with E-state index in [2.05, 4.69) is 10.6 Å². The lowest BCUT2D eigenvalue weighted by atomic mass is 10.0. The minimum Gasteiger partial charge on any atom is -0.480 e. The van der Waals surface area contributed by atoms with Crippen LogP contribution in [-0.2, 0) is 14.3 Å².